The first kappa shape index (κ1) is 34.5. The number of Topliss-reactive ketones (excluding diaryl/α,β-unsaturated/α-hetero) is 2. The molecule has 6 aliphatic carbocycles. The zero-order chi connectivity index (χ0) is 39.5. The summed E-state index contributed by atoms with van der Waals surface area (Å²) < 4.78 is 2.43. The van der Waals surface area contributed by atoms with Gasteiger partial charge < -0.3 is 4.40 Å². The minimum atomic E-state index is -0.332. The van der Waals surface area contributed by atoms with E-state index < -0.39 is 0 Å². The molecule has 6 aliphatic rings. The molecular weight excluding hydrogens is 707 g/mol. The Morgan fingerprint density at radius 2 is 0.966 bits per heavy atom. The molecule has 0 radical (unpaired) electrons. The van der Waals surface area contributed by atoms with Crippen LogP contribution in [0.4, 0.5) is 0 Å². The highest BCUT2D eigenvalue weighted by atomic mass is 16.1. The van der Waals surface area contributed by atoms with Gasteiger partial charge in [-0.15, -0.1) is 0 Å². The lowest BCUT2D eigenvalue weighted by atomic mass is 9.72. The van der Waals surface area contributed by atoms with Gasteiger partial charge in [-0.05, 0) is 147 Å². The second-order valence-corrected chi connectivity index (χ2v) is 19.1. The zero-order valence-corrected chi connectivity index (χ0v) is 34.4. The van der Waals surface area contributed by atoms with Gasteiger partial charge in [0.2, 0.25) is 0 Å². The molecule has 14 rings (SSSR count). The van der Waals surface area contributed by atoms with Gasteiger partial charge >= 0.3 is 0 Å². The van der Waals surface area contributed by atoms with Crippen LogP contribution in [0, 0.1) is 5.92 Å². The van der Waals surface area contributed by atoms with Crippen LogP contribution in [-0.2, 0) is 0 Å². The summed E-state index contributed by atoms with van der Waals surface area (Å²) in [5.41, 5.74) is 19.0. The molecule has 58 heavy (non-hydrogen) atoms. The lowest BCUT2D eigenvalue weighted by Crippen LogP contribution is -2.19. The van der Waals surface area contributed by atoms with Crippen LogP contribution in [0.1, 0.15) is 174 Å². The molecule has 3 nitrogen and oxygen atoms in total. The largest absolute Gasteiger partial charge is 0.308 e. The van der Waals surface area contributed by atoms with Gasteiger partial charge in [0, 0.05) is 44.5 Å². The van der Waals surface area contributed by atoms with Crippen molar-refractivity contribution >= 4 is 49.7 Å². The summed E-state index contributed by atoms with van der Waals surface area (Å²) in [6, 6.07) is 36.4. The Morgan fingerprint density at radius 1 is 0.483 bits per heavy atom. The summed E-state index contributed by atoms with van der Waals surface area (Å²) in [5.74, 6) is 1.82. The van der Waals surface area contributed by atoms with Crippen molar-refractivity contribution in [3.05, 3.63) is 158 Å². The fraction of sp³-hybridized carbons (Fsp3) is 0.309. The van der Waals surface area contributed by atoms with E-state index in [1.807, 2.05) is 0 Å². The first-order valence-corrected chi connectivity index (χ1v) is 21.9. The van der Waals surface area contributed by atoms with Gasteiger partial charge in [0.1, 0.15) is 0 Å². The third-order valence-electron chi connectivity index (χ3n) is 15.0. The fourth-order valence-electron chi connectivity index (χ4n) is 12.2. The van der Waals surface area contributed by atoms with Crippen LogP contribution in [0.3, 0.4) is 0 Å². The number of hydrogen-bond acceptors (Lipinski definition) is 2. The maximum absolute atomic E-state index is 15.2. The molecule has 6 aromatic carbocycles. The van der Waals surface area contributed by atoms with Gasteiger partial charge in [-0.1, -0.05) is 102 Å². The summed E-state index contributed by atoms with van der Waals surface area (Å²) in [6.07, 6.45) is 4.16. The van der Waals surface area contributed by atoms with E-state index in [4.69, 9.17) is 0 Å². The molecule has 0 atom stereocenters. The number of carbonyl (C=O) groups is 2. The van der Waals surface area contributed by atoms with Crippen LogP contribution in [-0.4, -0.2) is 16.0 Å². The van der Waals surface area contributed by atoms with E-state index in [2.05, 4.69) is 143 Å². The van der Waals surface area contributed by atoms with E-state index in [9.17, 15) is 4.79 Å². The summed E-state index contributed by atoms with van der Waals surface area (Å²) >= 11 is 0. The molecule has 1 saturated carbocycles. The minimum Gasteiger partial charge on any atom is -0.308 e. The van der Waals surface area contributed by atoms with E-state index in [0.29, 0.717) is 29.5 Å². The normalized spacial score (nSPS) is 20.8. The van der Waals surface area contributed by atoms with Gasteiger partial charge in [0.05, 0.1) is 22.5 Å². The molecule has 0 aliphatic heterocycles. The van der Waals surface area contributed by atoms with Crippen molar-refractivity contribution in [3.63, 3.8) is 0 Å². The standard InChI is InChI=1S/C55H49NO2/c1-27(2)32-19-38(28(3)4)50(39(20-32)29(5)6)33-21-44-41-23-40-30-15-17-31(18-16-30)54(57)46(40)25-48(41)56-49-26-47-43(24-42(49)45(22-33)53(44)56)51-34-11-7-9-13-36(34)52(55(47)58)37-14-10-8-12-35(37)51/h7-14,19-31,51-52H,15-18H2,1-6H3. The molecule has 286 valence electrons. The Hall–Kier alpha value is -5.54. The highest BCUT2D eigenvalue weighted by Crippen LogP contribution is 2.54. The highest BCUT2D eigenvalue weighted by molar-refractivity contribution is 6.26. The zero-order valence-electron chi connectivity index (χ0n) is 34.4. The molecule has 3 heteroatoms. The SMILES string of the molecule is CC(C)c1cc(C(C)C)c(-c2cc3c4cc5c(cc4n4c6cc7c(cc6c(c2)c34)C2c3ccccc3C(C7=O)c3ccccc32)C(=O)C2CCC5CC2)c(C(C)C)c1. The molecule has 2 heterocycles. The number of benzene rings is 6. The van der Waals surface area contributed by atoms with E-state index >= 15 is 4.79 Å². The lowest BCUT2D eigenvalue weighted by Gasteiger charge is -2.30. The van der Waals surface area contributed by atoms with E-state index in [1.165, 1.54) is 71.6 Å². The molecule has 0 amide bonds. The van der Waals surface area contributed by atoms with E-state index in [0.717, 1.165) is 64.5 Å². The quantitative estimate of drug-likeness (QED) is 0.179. The predicted octanol–water partition coefficient (Wildman–Crippen LogP) is 14.2. The third-order valence-corrected chi connectivity index (χ3v) is 15.0. The van der Waals surface area contributed by atoms with Crippen molar-refractivity contribution in [2.45, 2.75) is 103 Å². The van der Waals surface area contributed by atoms with Crippen molar-refractivity contribution in [2.75, 3.05) is 0 Å². The van der Waals surface area contributed by atoms with E-state index in [-0.39, 0.29) is 23.5 Å². The number of ketones is 2. The molecule has 4 bridgehead atoms. The summed E-state index contributed by atoms with van der Waals surface area (Å²) in [6.45, 7) is 14.0. The summed E-state index contributed by atoms with van der Waals surface area (Å²) in [7, 11) is 0. The molecule has 0 spiro atoms. The Labute approximate surface area is 340 Å². The number of rotatable bonds is 4. The van der Waals surface area contributed by atoms with Gasteiger partial charge in [-0.3, -0.25) is 9.59 Å². The van der Waals surface area contributed by atoms with Crippen LogP contribution in [0.15, 0.2) is 97.1 Å². The van der Waals surface area contributed by atoms with Crippen molar-refractivity contribution in [1.29, 1.82) is 0 Å². The second kappa shape index (κ2) is 12.0. The Balaban J connectivity index is 1.24. The summed E-state index contributed by atoms with van der Waals surface area (Å²) in [5, 5.41) is 4.85. The Bertz CT molecular complexity index is 3030. The second-order valence-electron chi connectivity index (χ2n) is 19.1. The van der Waals surface area contributed by atoms with Gasteiger partial charge in [0.15, 0.2) is 11.6 Å². The van der Waals surface area contributed by atoms with Crippen molar-refractivity contribution in [3.8, 4) is 11.1 Å². The molecule has 0 saturated heterocycles. The van der Waals surface area contributed by atoms with Crippen molar-refractivity contribution < 1.29 is 9.59 Å². The molecule has 8 aromatic rings. The number of hydrogen-bond donors (Lipinski definition) is 0. The third kappa shape index (κ3) is 4.45. The van der Waals surface area contributed by atoms with Crippen LogP contribution in [0.25, 0.3) is 49.2 Å². The maximum Gasteiger partial charge on any atom is 0.175 e. The predicted molar refractivity (Wildman–Crippen MR) is 238 cm³/mol. The lowest BCUT2D eigenvalue weighted by molar-refractivity contribution is 0.0897. The van der Waals surface area contributed by atoms with Crippen molar-refractivity contribution in [1.82, 2.24) is 4.40 Å². The van der Waals surface area contributed by atoms with Gasteiger partial charge in [-0.2, -0.15) is 0 Å². The molecular formula is C55H49NO2. The number of fused-ring (bicyclic) bond motifs is 8. The molecule has 1 fully saturated rings. The van der Waals surface area contributed by atoms with E-state index in [1.54, 1.807) is 0 Å². The first-order valence-electron chi connectivity index (χ1n) is 21.9. The molecule has 0 N–H and O–H groups in total. The topological polar surface area (TPSA) is 38.5 Å². The average Bonchev–Trinajstić information content (AvgIpc) is 3.56. The van der Waals surface area contributed by atoms with Crippen molar-refractivity contribution in [2.24, 2.45) is 5.92 Å². The number of carbonyl (C=O) groups excluding carboxylic acids is 2. The number of aromatic nitrogens is 1. The maximum atomic E-state index is 15.2. The summed E-state index contributed by atoms with van der Waals surface area (Å²) in [4.78, 5) is 29.4. The van der Waals surface area contributed by atoms with Gasteiger partial charge in [-0.25, -0.2) is 0 Å². The van der Waals surface area contributed by atoms with Crippen LogP contribution >= 0.6 is 0 Å². The van der Waals surface area contributed by atoms with Crippen LogP contribution < -0.4 is 0 Å². The highest BCUT2D eigenvalue weighted by Gasteiger charge is 2.43. The molecule has 0 unspecified atom stereocenters. The smallest absolute Gasteiger partial charge is 0.175 e. The Morgan fingerprint density at radius 3 is 1.48 bits per heavy atom. The fourth-order valence-corrected chi connectivity index (χ4v) is 12.2. The van der Waals surface area contributed by atoms with Gasteiger partial charge in [0.25, 0.3) is 0 Å². The average molecular weight is 756 g/mol. The molecule has 2 aromatic heterocycles. The monoisotopic (exact) mass is 755 g/mol. The van der Waals surface area contributed by atoms with Crippen LogP contribution in [0.5, 0.6) is 0 Å². The Kier molecular flexibility index (Phi) is 7.14. The minimum absolute atomic E-state index is 0.0293. The van der Waals surface area contributed by atoms with Crippen LogP contribution in [0.2, 0.25) is 0 Å². The first-order chi connectivity index (χ1) is 28.1. The number of nitrogens with zero attached hydrogens (tertiary/aromatic N) is 1.